The second-order valence-electron chi connectivity index (χ2n) is 3.23. The van der Waals surface area contributed by atoms with E-state index in [0.29, 0.717) is 5.65 Å². The topological polar surface area (TPSA) is 44.8 Å². The van der Waals surface area contributed by atoms with Crippen LogP contribution < -0.4 is 5.69 Å². The molecule has 2 aromatic heterocycles. The van der Waals surface area contributed by atoms with Gasteiger partial charge in [-0.25, -0.2) is 0 Å². The number of aryl methyl sites for hydroxylation is 2. The van der Waals surface area contributed by atoms with E-state index in [4.69, 9.17) is 0 Å². The summed E-state index contributed by atoms with van der Waals surface area (Å²) in [6, 6.07) is 0. The molecule has 0 saturated heterocycles. The molecule has 2 heterocycles. The van der Waals surface area contributed by atoms with Crippen LogP contribution in [0.1, 0.15) is 0 Å². The third kappa shape index (κ3) is 1.04. The summed E-state index contributed by atoms with van der Waals surface area (Å²) < 4.78 is 5.81. The maximum absolute atomic E-state index is 11.7. The minimum atomic E-state index is -0.0787. The summed E-state index contributed by atoms with van der Waals surface area (Å²) in [6.07, 6.45) is 1.70. The third-order valence-electron chi connectivity index (χ3n) is 2.32. The van der Waals surface area contributed by atoms with Crippen LogP contribution in [-0.4, -0.2) is 34.3 Å². The van der Waals surface area contributed by atoms with Gasteiger partial charge in [0.15, 0.2) is 0 Å². The molecule has 0 aliphatic heterocycles. The molecule has 0 aliphatic carbocycles. The van der Waals surface area contributed by atoms with E-state index in [0.717, 1.165) is 9.71 Å². The van der Waals surface area contributed by atoms with Gasteiger partial charge in [0.1, 0.15) is 0 Å². The van der Waals surface area contributed by atoms with E-state index >= 15 is 0 Å². The van der Waals surface area contributed by atoms with E-state index in [-0.39, 0.29) is 5.69 Å². The summed E-state index contributed by atoms with van der Waals surface area (Å²) in [4.78, 5) is 15.8. The Labute approximate surface area is 88.0 Å². The van der Waals surface area contributed by atoms with E-state index < -0.39 is 0 Å². The Bertz CT molecular complexity index is 619. The first kappa shape index (κ1) is 9.43. The molecule has 2 rings (SSSR count). The zero-order valence-electron chi connectivity index (χ0n) is 8.18. The number of aromatic nitrogens is 4. The summed E-state index contributed by atoms with van der Waals surface area (Å²) in [7, 11) is 5.36. The molecule has 14 heavy (non-hydrogen) atoms. The summed E-state index contributed by atoms with van der Waals surface area (Å²) in [5, 5.41) is 0. The van der Waals surface area contributed by atoms with E-state index in [2.05, 4.69) is 20.6 Å². The second kappa shape index (κ2) is 2.93. The fraction of sp³-hybridized carbons (Fsp3) is 0.375. The normalized spacial score (nSPS) is 11.1. The Kier molecular flexibility index (Phi) is 1.97. The molecule has 0 amide bonds. The molecular weight excluding hydrogens is 247 g/mol. The predicted octanol–water partition coefficient (Wildman–Crippen LogP) is -0.689. The molecule has 0 spiro atoms. The number of hydrogen-bond acceptors (Lipinski definition) is 2. The Morgan fingerprint density at radius 2 is 1.93 bits per heavy atom. The van der Waals surface area contributed by atoms with Crippen molar-refractivity contribution in [2.24, 2.45) is 21.1 Å². The van der Waals surface area contributed by atoms with E-state index in [1.165, 1.54) is 4.57 Å². The molecule has 0 N–H and O–H groups in total. The van der Waals surface area contributed by atoms with Crippen LogP contribution in [0.25, 0.3) is 11.2 Å². The van der Waals surface area contributed by atoms with Crippen molar-refractivity contribution < 1.29 is 0 Å². The first-order valence-electron chi connectivity index (χ1n) is 4.11. The minimum absolute atomic E-state index is 0.0787. The average Bonchev–Trinajstić information content (AvgIpc) is 2.54. The van der Waals surface area contributed by atoms with Crippen LogP contribution in [-0.2, 0) is 21.1 Å². The van der Waals surface area contributed by atoms with Gasteiger partial charge >= 0.3 is 87.6 Å². The Balaban J connectivity index is 3.22. The molecule has 5 nitrogen and oxygen atoms in total. The Morgan fingerprint density at radius 3 is 2.57 bits per heavy atom. The number of imidazole rings is 1. The van der Waals surface area contributed by atoms with Gasteiger partial charge in [-0.2, -0.15) is 0 Å². The average molecular weight is 257 g/mol. The number of nitrogens with zero attached hydrogens (tertiary/aromatic N) is 4. The zero-order valence-corrected chi connectivity index (χ0v) is 9.90. The molecule has 0 radical (unpaired) electrons. The van der Waals surface area contributed by atoms with Gasteiger partial charge in [-0.1, -0.05) is 0 Å². The van der Waals surface area contributed by atoms with Crippen molar-refractivity contribution in [2.75, 3.05) is 0 Å². The van der Waals surface area contributed by atoms with Crippen molar-refractivity contribution in [3.8, 4) is 0 Å². The van der Waals surface area contributed by atoms with Crippen LogP contribution in [0, 0.1) is 4.19 Å². The zero-order chi connectivity index (χ0) is 10.5. The van der Waals surface area contributed by atoms with Crippen molar-refractivity contribution >= 4 is 26.7 Å². The molecule has 0 aliphatic rings. The van der Waals surface area contributed by atoms with Crippen LogP contribution >= 0.6 is 0 Å². The molecule has 0 unspecified atom stereocenters. The van der Waals surface area contributed by atoms with Crippen LogP contribution in [0.4, 0.5) is 0 Å². The summed E-state index contributed by atoms with van der Waals surface area (Å²) in [5.41, 5.74) is 1.56. The third-order valence-corrected chi connectivity index (χ3v) is 3.30. The fourth-order valence-electron chi connectivity index (χ4n) is 1.47. The SMILES string of the molecule is Cn1c(=[Se])c2c(ncn2C)n(C)c1=O. The van der Waals surface area contributed by atoms with Gasteiger partial charge in [0.25, 0.3) is 0 Å². The summed E-state index contributed by atoms with van der Waals surface area (Å²) >= 11 is 2.90. The molecule has 0 fully saturated rings. The van der Waals surface area contributed by atoms with Crippen LogP contribution in [0.2, 0.25) is 0 Å². The second-order valence-corrected chi connectivity index (χ2v) is 4.04. The van der Waals surface area contributed by atoms with Gasteiger partial charge in [-0.05, 0) is 0 Å². The quantitative estimate of drug-likeness (QED) is 0.586. The summed E-state index contributed by atoms with van der Waals surface area (Å²) in [6.45, 7) is 0. The van der Waals surface area contributed by atoms with Crippen molar-refractivity contribution in [1.29, 1.82) is 0 Å². The van der Waals surface area contributed by atoms with Gasteiger partial charge < -0.3 is 0 Å². The number of rotatable bonds is 0. The van der Waals surface area contributed by atoms with Crippen molar-refractivity contribution in [1.82, 2.24) is 18.7 Å². The molecule has 6 heteroatoms. The van der Waals surface area contributed by atoms with Crippen molar-refractivity contribution in [3.05, 3.63) is 21.0 Å². The van der Waals surface area contributed by atoms with Gasteiger partial charge in [0.2, 0.25) is 0 Å². The first-order valence-corrected chi connectivity index (χ1v) is 4.96. The molecule has 74 valence electrons. The molecular formula is C8H10N4OSe. The van der Waals surface area contributed by atoms with Gasteiger partial charge in [0, 0.05) is 0 Å². The predicted molar refractivity (Wildman–Crippen MR) is 53.9 cm³/mol. The molecule has 0 saturated carbocycles. The van der Waals surface area contributed by atoms with E-state index in [9.17, 15) is 4.79 Å². The summed E-state index contributed by atoms with van der Waals surface area (Å²) in [5.74, 6) is 0. The standard InChI is InChI=1S/C8H10N4OSe/c1-10-4-9-6-5(10)7(14)12(3)8(13)11(6)2/h4H,1-3H3. The number of fused-ring (bicyclic) bond motifs is 1. The van der Waals surface area contributed by atoms with E-state index in [1.807, 2.05) is 11.6 Å². The van der Waals surface area contributed by atoms with Crippen LogP contribution in [0.15, 0.2) is 11.1 Å². The first-order chi connectivity index (χ1) is 6.54. The Morgan fingerprint density at radius 1 is 1.29 bits per heavy atom. The fourth-order valence-corrected chi connectivity index (χ4v) is 2.13. The van der Waals surface area contributed by atoms with Gasteiger partial charge in [0.05, 0.1) is 0 Å². The number of hydrogen-bond donors (Lipinski definition) is 0. The van der Waals surface area contributed by atoms with E-state index in [1.54, 1.807) is 25.0 Å². The van der Waals surface area contributed by atoms with Crippen molar-refractivity contribution in [3.63, 3.8) is 0 Å². The molecule has 0 aromatic carbocycles. The van der Waals surface area contributed by atoms with Crippen molar-refractivity contribution in [2.45, 2.75) is 0 Å². The van der Waals surface area contributed by atoms with Crippen LogP contribution in [0.5, 0.6) is 0 Å². The monoisotopic (exact) mass is 258 g/mol. The molecule has 0 bridgehead atoms. The molecule has 0 atom stereocenters. The Hall–Kier alpha value is -1.13. The van der Waals surface area contributed by atoms with Gasteiger partial charge in [-0.3, -0.25) is 0 Å². The molecule has 2 aromatic rings. The van der Waals surface area contributed by atoms with Crippen LogP contribution in [0.3, 0.4) is 0 Å². The van der Waals surface area contributed by atoms with Gasteiger partial charge in [-0.15, -0.1) is 0 Å². The maximum atomic E-state index is 11.7.